The van der Waals surface area contributed by atoms with E-state index in [1.807, 2.05) is 6.92 Å². The first-order chi connectivity index (χ1) is 20.1. The minimum absolute atomic E-state index is 0.0156. The summed E-state index contributed by atoms with van der Waals surface area (Å²) in [4.78, 5) is 11.4. The number of rotatable bonds is 15. The summed E-state index contributed by atoms with van der Waals surface area (Å²) < 4.78 is 49.6. The number of hydrogen-bond donors (Lipinski definition) is 5. The number of sulfone groups is 1. The number of phenols is 1. The summed E-state index contributed by atoms with van der Waals surface area (Å²) in [5.74, 6) is 1.23. The average Bonchev–Trinajstić information content (AvgIpc) is 3.64. The topological polar surface area (TPSA) is 187 Å². The normalized spacial score (nSPS) is 13.9. The number of fused-ring (bicyclic) bond motifs is 1. The number of carbonyl (C=O) groups excluding carboxylic acids is 1. The zero-order chi connectivity index (χ0) is 30.3. The molecule has 1 aliphatic heterocycles. The molecule has 2 unspecified atom stereocenters. The quantitative estimate of drug-likeness (QED) is 0.125. The second kappa shape index (κ2) is 13.6. The van der Waals surface area contributed by atoms with Crippen molar-refractivity contribution in [1.29, 1.82) is 0 Å². The Morgan fingerprint density at radius 1 is 1.19 bits per heavy atom. The SMILES string of the molecule is CCC(Cc1ccc(OCCCNc2ccn[nH]2)c(NC(C(C)C)S(=O)(=O)c2ccc3c(c2)OCO3)c1O)OC(N)=O. The highest BCUT2D eigenvalue weighted by atomic mass is 32.2. The molecular weight excluding hydrogens is 566 g/mol. The van der Waals surface area contributed by atoms with Gasteiger partial charge in [0.1, 0.15) is 34.5 Å². The highest BCUT2D eigenvalue weighted by molar-refractivity contribution is 7.92. The maximum absolute atomic E-state index is 13.9. The first kappa shape index (κ1) is 30.6. The van der Waals surface area contributed by atoms with Crippen molar-refractivity contribution in [2.75, 3.05) is 30.6 Å². The fourth-order valence-electron chi connectivity index (χ4n) is 4.50. The Balaban J connectivity index is 1.61. The Hall–Kier alpha value is -4.33. The Bertz CT molecular complexity index is 1460. The van der Waals surface area contributed by atoms with Crippen LogP contribution < -0.4 is 30.6 Å². The van der Waals surface area contributed by atoms with E-state index in [9.17, 15) is 18.3 Å². The van der Waals surface area contributed by atoms with Crippen molar-refractivity contribution in [2.45, 2.75) is 56.4 Å². The molecule has 2 atom stereocenters. The maximum Gasteiger partial charge on any atom is 0.404 e. The lowest BCUT2D eigenvalue weighted by Crippen LogP contribution is -2.35. The fraction of sp³-hybridized carbons (Fsp3) is 0.429. The second-order valence-corrected chi connectivity index (χ2v) is 12.2. The van der Waals surface area contributed by atoms with Crippen molar-refractivity contribution < 1.29 is 37.3 Å². The van der Waals surface area contributed by atoms with Crippen LogP contribution in [0.25, 0.3) is 0 Å². The van der Waals surface area contributed by atoms with Gasteiger partial charge in [-0.2, -0.15) is 5.10 Å². The van der Waals surface area contributed by atoms with E-state index in [1.165, 1.54) is 12.1 Å². The highest BCUT2D eigenvalue weighted by Crippen LogP contribution is 2.41. The molecule has 14 heteroatoms. The van der Waals surface area contributed by atoms with E-state index in [4.69, 9.17) is 24.7 Å². The lowest BCUT2D eigenvalue weighted by molar-refractivity contribution is 0.104. The van der Waals surface area contributed by atoms with E-state index < -0.39 is 33.3 Å². The number of anilines is 2. The summed E-state index contributed by atoms with van der Waals surface area (Å²) >= 11 is 0. The summed E-state index contributed by atoms with van der Waals surface area (Å²) in [6.45, 7) is 6.23. The number of phenolic OH excluding ortho intramolecular Hbond substituents is 1. The molecular formula is C28H37N5O8S. The Morgan fingerprint density at radius 2 is 1.98 bits per heavy atom. The number of ether oxygens (including phenoxy) is 4. The van der Waals surface area contributed by atoms with Crippen molar-refractivity contribution in [3.63, 3.8) is 0 Å². The molecule has 0 fully saturated rings. The Kier molecular flexibility index (Phi) is 9.88. The van der Waals surface area contributed by atoms with E-state index >= 15 is 0 Å². The molecule has 4 rings (SSSR count). The molecule has 0 saturated heterocycles. The molecule has 2 aromatic carbocycles. The van der Waals surface area contributed by atoms with Gasteiger partial charge >= 0.3 is 6.09 Å². The molecule has 0 saturated carbocycles. The summed E-state index contributed by atoms with van der Waals surface area (Å²) in [6.07, 6.45) is 1.36. The number of nitrogens with one attached hydrogen (secondary N) is 3. The standard InChI is InChI=1S/C28H37N5O8S/c1-4-19(41-28(29)35)14-18-6-8-22(38-13-5-11-30-24-10-12-31-33-24)25(26(18)34)32-27(17(2)3)42(36,37)20-7-9-21-23(15-20)40-16-39-21/h6-10,12,15,17,19,27,32,34H,4-5,11,13-14,16H2,1-3H3,(H2,29,35)(H2,30,31,33). The third-order valence-corrected chi connectivity index (χ3v) is 8.94. The van der Waals surface area contributed by atoms with Gasteiger partial charge in [-0.25, -0.2) is 13.2 Å². The van der Waals surface area contributed by atoms with Crippen LogP contribution in [0.4, 0.5) is 16.3 Å². The minimum Gasteiger partial charge on any atom is -0.505 e. The van der Waals surface area contributed by atoms with Gasteiger partial charge in [0.25, 0.3) is 0 Å². The highest BCUT2D eigenvalue weighted by Gasteiger charge is 2.34. The van der Waals surface area contributed by atoms with E-state index in [0.29, 0.717) is 36.4 Å². The third kappa shape index (κ3) is 7.29. The molecule has 13 nitrogen and oxygen atoms in total. The number of aromatic nitrogens is 2. The smallest absolute Gasteiger partial charge is 0.404 e. The second-order valence-electron chi connectivity index (χ2n) is 10.1. The van der Waals surface area contributed by atoms with Crippen LogP contribution >= 0.6 is 0 Å². The van der Waals surface area contributed by atoms with Crippen LogP contribution in [0.5, 0.6) is 23.0 Å². The molecule has 3 aromatic rings. The van der Waals surface area contributed by atoms with Gasteiger partial charge < -0.3 is 40.4 Å². The molecule has 6 N–H and O–H groups in total. The molecule has 1 aliphatic rings. The van der Waals surface area contributed by atoms with E-state index in [0.717, 1.165) is 5.82 Å². The van der Waals surface area contributed by atoms with Gasteiger partial charge in [-0.1, -0.05) is 26.8 Å². The first-order valence-electron chi connectivity index (χ1n) is 13.7. The predicted molar refractivity (Wildman–Crippen MR) is 156 cm³/mol. The Morgan fingerprint density at radius 3 is 2.67 bits per heavy atom. The number of H-pyrrole nitrogens is 1. The van der Waals surface area contributed by atoms with Gasteiger partial charge in [-0.3, -0.25) is 5.10 Å². The van der Waals surface area contributed by atoms with Crippen LogP contribution in [0.15, 0.2) is 47.5 Å². The number of carbonyl (C=O) groups is 1. The molecule has 228 valence electrons. The van der Waals surface area contributed by atoms with Crippen LogP contribution in [0.2, 0.25) is 0 Å². The van der Waals surface area contributed by atoms with Crippen molar-refractivity contribution in [3.05, 3.63) is 48.2 Å². The number of nitrogens with two attached hydrogens (primary N) is 1. The number of aromatic amines is 1. The molecule has 0 radical (unpaired) electrons. The monoisotopic (exact) mass is 603 g/mol. The zero-order valence-corrected chi connectivity index (χ0v) is 24.6. The molecule has 0 aliphatic carbocycles. The van der Waals surface area contributed by atoms with Crippen molar-refractivity contribution in [2.24, 2.45) is 11.7 Å². The summed E-state index contributed by atoms with van der Waals surface area (Å²) in [6, 6.07) is 9.57. The maximum atomic E-state index is 13.9. The molecule has 0 spiro atoms. The molecule has 0 bridgehead atoms. The van der Waals surface area contributed by atoms with Gasteiger partial charge in [0.15, 0.2) is 21.3 Å². The van der Waals surface area contributed by atoms with E-state index in [1.54, 1.807) is 44.3 Å². The number of primary amides is 1. The number of amides is 1. The molecule has 1 aromatic heterocycles. The van der Waals surface area contributed by atoms with Crippen LogP contribution in [-0.4, -0.2) is 61.2 Å². The summed E-state index contributed by atoms with van der Waals surface area (Å²) in [7, 11) is -3.98. The lowest BCUT2D eigenvalue weighted by Gasteiger charge is -2.26. The number of hydrogen-bond acceptors (Lipinski definition) is 11. The zero-order valence-electron chi connectivity index (χ0n) is 23.8. The van der Waals surface area contributed by atoms with Gasteiger partial charge in [-0.15, -0.1) is 0 Å². The largest absolute Gasteiger partial charge is 0.505 e. The van der Waals surface area contributed by atoms with Crippen LogP contribution in [-0.2, 0) is 21.0 Å². The van der Waals surface area contributed by atoms with E-state index in [2.05, 4.69) is 20.8 Å². The predicted octanol–water partition coefficient (Wildman–Crippen LogP) is 4.01. The van der Waals surface area contributed by atoms with Gasteiger partial charge in [-0.05, 0) is 48.6 Å². The van der Waals surface area contributed by atoms with Crippen molar-refractivity contribution in [3.8, 4) is 23.0 Å². The van der Waals surface area contributed by atoms with Crippen molar-refractivity contribution in [1.82, 2.24) is 10.2 Å². The number of nitrogens with zero attached hydrogens (tertiary/aromatic N) is 1. The Labute approximate surface area is 244 Å². The molecule has 42 heavy (non-hydrogen) atoms. The van der Waals surface area contributed by atoms with Gasteiger partial charge in [0.2, 0.25) is 6.79 Å². The van der Waals surface area contributed by atoms with Gasteiger partial charge in [0, 0.05) is 19.0 Å². The first-order valence-corrected chi connectivity index (χ1v) is 15.2. The van der Waals surface area contributed by atoms with Crippen LogP contribution in [0, 0.1) is 5.92 Å². The summed E-state index contributed by atoms with van der Waals surface area (Å²) in [5, 5.41) is 23.2. The number of benzene rings is 2. The molecule has 1 amide bonds. The molecule has 2 heterocycles. The summed E-state index contributed by atoms with van der Waals surface area (Å²) in [5.41, 5.74) is 5.76. The minimum atomic E-state index is -3.98. The average molecular weight is 604 g/mol. The van der Waals surface area contributed by atoms with E-state index in [-0.39, 0.29) is 41.9 Å². The van der Waals surface area contributed by atoms with Crippen LogP contribution in [0.3, 0.4) is 0 Å². The van der Waals surface area contributed by atoms with Crippen LogP contribution in [0.1, 0.15) is 39.2 Å². The third-order valence-electron chi connectivity index (χ3n) is 6.70. The fourth-order valence-corrected chi connectivity index (χ4v) is 6.31. The van der Waals surface area contributed by atoms with Gasteiger partial charge in [0.05, 0.1) is 17.7 Å². The van der Waals surface area contributed by atoms with Crippen molar-refractivity contribution >= 4 is 27.4 Å². The lowest BCUT2D eigenvalue weighted by atomic mass is 10.0. The number of aromatic hydroxyl groups is 1.